The van der Waals surface area contributed by atoms with Crippen molar-refractivity contribution in [3.63, 3.8) is 0 Å². The van der Waals surface area contributed by atoms with Gasteiger partial charge in [0.15, 0.2) is 5.82 Å². The van der Waals surface area contributed by atoms with Gasteiger partial charge in [-0.3, -0.25) is 0 Å². The number of benzene rings is 1. The van der Waals surface area contributed by atoms with E-state index in [2.05, 4.69) is 41.0 Å². The lowest BCUT2D eigenvalue weighted by Crippen LogP contribution is -2.49. The number of ether oxygens (including phenoxy) is 1. The molecule has 2 atom stereocenters. The van der Waals surface area contributed by atoms with E-state index in [-0.39, 0.29) is 17.7 Å². The summed E-state index contributed by atoms with van der Waals surface area (Å²) in [6.45, 7) is 4.33. The van der Waals surface area contributed by atoms with Crippen molar-refractivity contribution < 1.29 is 17.9 Å². The van der Waals surface area contributed by atoms with Gasteiger partial charge in [0.2, 0.25) is 5.95 Å². The molecule has 37 heavy (non-hydrogen) atoms. The van der Waals surface area contributed by atoms with Crippen LogP contribution in [-0.4, -0.2) is 67.9 Å². The molecule has 13 heteroatoms. The van der Waals surface area contributed by atoms with Crippen LogP contribution in [0.25, 0.3) is 5.69 Å². The van der Waals surface area contributed by atoms with Crippen LogP contribution in [0.5, 0.6) is 5.75 Å². The Morgan fingerprint density at radius 1 is 1.11 bits per heavy atom. The van der Waals surface area contributed by atoms with Crippen LogP contribution < -0.4 is 15.4 Å². The number of nitrogens with zero attached hydrogens (tertiary/aromatic N) is 7. The quantitative estimate of drug-likeness (QED) is 0.477. The predicted molar refractivity (Wildman–Crippen MR) is 131 cm³/mol. The summed E-state index contributed by atoms with van der Waals surface area (Å²) in [6.07, 6.45) is 1.74. The molecule has 5 rings (SSSR count). The van der Waals surface area contributed by atoms with Crippen molar-refractivity contribution in [1.82, 2.24) is 35.1 Å². The number of halogens is 3. The minimum Gasteiger partial charge on any atom is -0.497 e. The van der Waals surface area contributed by atoms with Crippen molar-refractivity contribution in [3.05, 3.63) is 35.8 Å². The molecule has 3 aromatic rings. The van der Waals surface area contributed by atoms with Gasteiger partial charge in [-0.15, -0.1) is 5.10 Å². The molecule has 2 N–H and O–H groups in total. The molecule has 2 saturated heterocycles. The number of nitrogens with one attached hydrogen (secondary N) is 2. The van der Waals surface area contributed by atoms with Gasteiger partial charge < -0.3 is 20.3 Å². The van der Waals surface area contributed by atoms with Crippen molar-refractivity contribution in [2.45, 2.75) is 51.2 Å². The lowest BCUT2D eigenvalue weighted by atomic mass is 9.83. The Bertz CT molecular complexity index is 1230. The number of hydrogen-bond donors (Lipinski definition) is 2. The number of methoxy groups -OCH3 is 1. The molecule has 10 nitrogen and oxygen atoms in total. The number of piperidine rings is 2. The molecule has 198 valence electrons. The van der Waals surface area contributed by atoms with E-state index in [9.17, 15) is 13.2 Å². The fraction of sp³-hybridized carbons (Fsp3) is 0.542. The molecular formula is C24H30F3N9O. The Hall–Kier alpha value is -3.48. The second kappa shape index (κ2) is 10.5. The van der Waals surface area contributed by atoms with E-state index >= 15 is 0 Å². The average molecular weight is 518 g/mol. The monoisotopic (exact) mass is 517 g/mol. The Kier molecular flexibility index (Phi) is 7.13. The summed E-state index contributed by atoms with van der Waals surface area (Å²) in [6, 6.07) is 5.58. The number of aryl methyl sites for hydroxylation is 1. The van der Waals surface area contributed by atoms with Crippen molar-refractivity contribution in [3.8, 4) is 11.4 Å². The van der Waals surface area contributed by atoms with Gasteiger partial charge in [-0.25, -0.2) is 4.98 Å². The van der Waals surface area contributed by atoms with Crippen LogP contribution in [0.1, 0.15) is 43.5 Å². The van der Waals surface area contributed by atoms with Crippen LogP contribution in [0.3, 0.4) is 0 Å². The first-order chi connectivity index (χ1) is 17.8. The number of fused-ring (bicyclic) bond motifs is 1. The zero-order valence-corrected chi connectivity index (χ0v) is 20.8. The molecule has 1 aromatic carbocycles. The molecule has 2 fully saturated rings. The first kappa shape index (κ1) is 25.2. The molecular weight excluding hydrogens is 487 g/mol. The number of aromatic nitrogens is 6. The molecule has 0 aliphatic carbocycles. The fourth-order valence-electron chi connectivity index (χ4n) is 5.32. The maximum atomic E-state index is 13.8. The first-order valence-corrected chi connectivity index (χ1v) is 12.5. The van der Waals surface area contributed by atoms with Crippen LogP contribution in [0.15, 0.2) is 24.4 Å². The third-order valence-electron chi connectivity index (χ3n) is 7.11. The van der Waals surface area contributed by atoms with Crippen LogP contribution >= 0.6 is 0 Å². The number of anilines is 3. The zero-order valence-electron chi connectivity index (χ0n) is 20.8. The lowest BCUT2D eigenvalue weighted by molar-refractivity contribution is -0.137. The number of rotatable bonds is 7. The molecule has 0 amide bonds. The van der Waals surface area contributed by atoms with Gasteiger partial charge in [-0.2, -0.15) is 22.8 Å². The summed E-state index contributed by atoms with van der Waals surface area (Å²) in [4.78, 5) is 10.7. The largest absolute Gasteiger partial charge is 0.497 e. The third-order valence-corrected chi connectivity index (χ3v) is 7.11. The van der Waals surface area contributed by atoms with Crippen LogP contribution in [0.4, 0.5) is 30.6 Å². The summed E-state index contributed by atoms with van der Waals surface area (Å²) in [5, 5.41) is 17.5. The highest BCUT2D eigenvalue weighted by Gasteiger charge is 2.37. The second-order valence-electron chi connectivity index (χ2n) is 9.52. The first-order valence-electron chi connectivity index (χ1n) is 12.5. The van der Waals surface area contributed by atoms with Crippen LogP contribution in [-0.2, 0) is 6.18 Å². The number of alkyl halides is 3. The topological polar surface area (TPSA) is 106 Å². The molecule has 2 unspecified atom stereocenters. The Labute approximate surface area is 212 Å². The summed E-state index contributed by atoms with van der Waals surface area (Å²) in [7, 11) is 1.52. The third kappa shape index (κ3) is 5.60. The maximum absolute atomic E-state index is 13.8. The van der Waals surface area contributed by atoms with E-state index < -0.39 is 11.7 Å². The smallest absolute Gasteiger partial charge is 0.421 e. The molecule has 0 radical (unpaired) electrons. The minimum atomic E-state index is -4.58. The normalized spacial score (nSPS) is 20.4. The maximum Gasteiger partial charge on any atom is 0.421 e. The van der Waals surface area contributed by atoms with Gasteiger partial charge in [-0.05, 0) is 68.1 Å². The molecule has 2 aliphatic heterocycles. The standard InChI is InChI=1S/C24H30F3N9O/c1-15-32-33-34-36(15)18-10-17(11-19(12-18)37-2)30-23-29-14-20(24(25,26)27)22(31-23)28-13-16-6-5-9-35-8-4-3-7-21(16)35/h10-12,14,16,21H,3-9,13H2,1-2H3,(H2,28,29,30,31). The zero-order chi connectivity index (χ0) is 26.0. The molecule has 0 spiro atoms. The molecule has 2 aromatic heterocycles. The van der Waals surface area contributed by atoms with Gasteiger partial charge in [0, 0.05) is 36.6 Å². The van der Waals surface area contributed by atoms with Crippen molar-refractivity contribution >= 4 is 17.5 Å². The average Bonchev–Trinajstić information content (AvgIpc) is 3.32. The van der Waals surface area contributed by atoms with E-state index in [0.717, 1.165) is 38.5 Å². The van der Waals surface area contributed by atoms with Crippen molar-refractivity contribution in [2.75, 3.05) is 37.4 Å². The SMILES string of the molecule is COc1cc(Nc2ncc(C(F)(F)F)c(NCC3CCCN4CCCCC34)n2)cc(-n2nnnc2C)c1. The van der Waals surface area contributed by atoms with Gasteiger partial charge in [0.1, 0.15) is 17.1 Å². The van der Waals surface area contributed by atoms with Gasteiger partial charge in [0.25, 0.3) is 0 Å². The lowest BCUT2D eigenvalue weighted by Gasteiger charge is -2.44. The van der Waals surface area contributed by atoms with Crippen LogP contribution in [0.2, 0.25) is 0 Å². The molecule has 4 heterocycles. The van der Waals surface area contributed by atoms with E-state index in [1.165, 1.54) is 24.6 Å². The predicted octanol–water partition coefficient (Wildman–Crippen LogP) is 4.21. The highest BCUT2D eigenvalue weighted by molar-refractivity contribution is 5.62. The molecule has 0 bridgehead atoms. The Morgan fingerprint density at radius 3 is 2.70 bits per heavy atom. The van der Waals surface area contributed by atoms with E-state index in [4.69, 9.17) is 4.74 Å². The fourth-order valence-corrected chi connectivity index (χ4v) is 5.32. The van der Waals surface area contributed by atoms with E-state index in [0.29, 0.717) is 35.5 Å². The number of tetrazole rings is 1. The van der Waals surface area contributed by atoms with Gasteiger partial charge in [0.05, 0.1) is 12.8 Å². The molecule has 0 saturated carbocycles. The van der Waals surface area contributed by atoms with Crippen molar-refractivity contribution in [1.29, 1.82) is 0 Å². The number of hydrogen-bond acceptors (Lipinski definition) is 9. The Balaban J connectivity index is 1.39. The van der Waals surface area contributed by atoms with Crippen LogP contribution in [0, 0.1) is 12.8 Å². The van der Waals surface area contributed by atoms with E-state index in [1.54, 1.807) is 25.1 Å². The van der Waals surface area contributed by atoms with Gasteiger partial charge in [-0.1, -0.05) is 6.42 Å². The highest BCUT2D eigenvalue weighted by atomic mass is 19.4. The molecule has 2 aliphatic rings. The second-order valence-corrected chi connectivity index (χ2v) is 9.52. The summed E-state index contributed by atoms with van der Waals surface area (Å²) >= 11 is 0. The van der Waals surface area contributed by atoms with Crippen molar-refractivity contribution in [2.24, 2.45) is 5.92 Å². The van der Waals surface area contributed by atoms with Gasteiger partial charge >= 0.3 is 6.18 Å². The minimum absolute atomic E-state index is 0.0334. The highest BCUT2D eigenvalue weighted by Crippen LogP contribution is 2.36. The summed E-state index contributed by atoms with van der Waals surface area (Å²) in [5.41, 5.74) is 0.244. The summed E-state index contributed by atoms with van der Waals surface area (Å²) < 4.78 is 48.3. The van der Waals surface area contributed by atoms with E-state index in [1.807, 2.05) is 0 Å². The summed E-state index contributed by atoms with van der Waals surface area (Å²) in [5.74, 6) is 1.16. The Morgan fingerprint density at radius 2 is 1.95 bits per heavy atom.